The number of unbranched alkanes of at least 4 members (excludes halogenated alkanes) is 3. The van der Waals surface area contributed by atoms with Crippen molar-refractivity contribution in [3.63, 3.8) is 0 Å². The van der Waals surface area contributed by atoms with Crippen molar-refractivity contribution in [3.05, 3.63) is 47.5 Å². The molecule has 1 aromatic carbocycles. The molecule has 1 aliphatic heterocycles. The maximum absolute atomic E-state index is 12.2. The number of benzene rings is 1. The van der Waals surface area contributed by atoms with E-state index in [-0.39, 0.29) is 11.8 Å². The highest BCUT2D eigenvalue weighted by molar-refractivity contribution is 6.21. The van der Waals surface area contributed by atoms with E-state index in [2.05, 4.69) is 12.2 Å². The summed E-state index contributed by atoms with van der Waals surface area (Å²) in [5.74, 6) is 0.621. The molecule has 0 saturated heterocycles. The van der Waals surface area contributed by atoms with Gasteiger partial charge in [0.2, 0.25) is 0 Å². The van der Waals surface area contributed by atoms with Crippen LogP contribution in [0.4, 0.5) is 0 Å². The van der Waals surface area contributed by atoms with Gasteiger partial charge in [0.15, 0.2) is 0 Å². The Bertz CT molecular complexity index is 570. The fourth-order valence-electron chi connectivity index (χ4n) is 3.62. The molecule has 1 atom stereocenters. The Balaban J connectivity index is 1.36. The predicted molar refractivity (Wildman–Crippen MR) is 91.4 cm³/mol. The van der Waals surface area contributed by atoms with E-state index in [4.69, 9.17) is 0 Å². The number of amides is 2. The minimum Gasteiger partial charge on any atom is -0.274 e. The summed E-state index contributed by atoms with van der Waals surface area (Å²) in [5.41, 5.74) is 1.12. The lowest BCUT2D eigenvalue weighted by molar-refractivity contribution is 0.0651. The summed E-state index contributed by atoms with van der Waals surface area (Å²) >= 11 is 0. The van der Waals surface area contributed by atoms with Gasteiger partial charge in [-0.15, -0.1) is 0 Å². The third kappa shape index (κ3) is 3.72. The predicted octanol–water partition coefficient (Wildman–Crippen LogP) is 4.59. The quantitative estimate of drug-likeness (QED) is 0.419. The fourth-order valence-corrected chi connectivity index (χ4v) is 3.62. The van der Waals surface area contributed by atoms with Gasteiger partial charge in [-0.25, -0.2) is 0 Å². The topological polar surface area (TPSA) is 37.4 Å². The zero-order valence-corrected chi connectivity index (χ0v) is 13.7. The molecule has 2 amide bonds. The third-order valence-corrected chi connectivity index (χ3v) is 5.00. The van der Waals surface area contributed by atoms with Crippen molar-refractivity contribution < 1.29 is 9.59 Å². The minimum absolute atomic E-state index is 0.125. The second kappa shape index (κ2) is 7.58. The summed E-state index contributed by atoms with van der Waals surface area (Å²) in [5, 5.41) is 0. The largest absolute Gasteiger partial charge is 0.274 e. The molecule has 0 N–H and O–H groups in total. The molecule has 3 nitrogen and oxygen atoms in total. The number of carbonyl (C=O) groups is 2. The van der Waals surface area contributed by atoms with Crippen LogP contribution in [0.1, 0.15) is 72.1 Å². The van der Waals surface area contributed by atoms with Gasteiger partial charge in [-0.3, -0.25) is 14.5 Å². The van der Waals surface area contributed by atoms with Crippen molar-refractivity contribution in [2.24, 2.45) is 5.92 Å². The molecule has 1 heterocycles. The van der Waals surface area contributed by atoms with Gasteiger partial charge in [0.1, 0.15) is 0 Å². The zero-order valence-electron chi connectivity index (χ0n) is 13.7. The zero-order chi connectivity index (χ0) is 16.1. The van der Waals surface area contributed by atoms with Gasteiger partial charge in [0.05, 0.1) is 11.1 Å². The molecule has 1 aliphatic carbocycles. The first-order valence-electron chi connectivity index (χ1n) is 8.87. The first-order valence-corrected chi connectivity index (χ1v) is 8.87. The van der Waals surface area contributed by atoms with Crippen molar-refractivity contribution >= 4 is 11.8 Å². The van der Waals surface area contributed by atoms with Crippen LogP contribution in [-0.4, -0.2) is 23.3 Å². The van der Waals surface area contributed by atoms with E-state index in [1.165, 1.54) is 43.4 Å². The van der Waals surface area contributed by atoms with Crippen LogP contribution in [0, 0.1) is 5.92 Å². The van der Waals surface area contributed by atoms with Crippen molar-refractivity contribution in [1.29, 1.82) is 0 Å². The maximum Gasteiger partial charge on any atom is 0.261 e. The van der Waals surface area contributed by atoms with E-state index in [0.717, 1.165) is 18.8 Å². The summed E-state index contributed by atoms with van der Waals surface area (Å²) in [7, 11) is 0. The lowest BCUT2D eigenvalue weighted by atomic mass is 9.89. The Hall–Kier alpha value is -1.90. The van der Waals surface area contributed by atoms with Crippen LogP contribution in [0.15, 0.2) is 36.4 Å². The van der Waals surface area contributed by atoms with Gasteiger partial charge in [0.25, 0.3) is 11.8 Å². The Morgan fingerprint density at radius 3 is 2.26 bits per heavy atom. The highest BCUT2D eigenvalue weighted by Crippen LogP contribution is 2.25. The van der Waals surface area contributed by atoms with Crippen LogP contribution in [0.3, 0.4) is 0 Å². The van der Waals surface area contributed by atoms with Crippen molar-refractivity contribution in [2.75, 3.05) is 6.54 Å². The standard InChI is InChI=1S/C20H25NO2/c22-19-17-13-7-8-14-18(17)20(23)21(19)15-9-2-1-4-10-16-11-5-3-6-12-16/h3,5,7-8,13-14,16H,1-2,4,6,9-12,15H2/t16-/m1/s1. The molecule has 0 unspecified atom stereocenters. The van der Waals surface area contributed by atoms with E-state index in [0.29, 0.717) is 17.7 Å². The molecule has 23 heavy (non-hydrogen) atoms. The summed E-state index contributed by atoms with van der Waals surface area (Å²) in [6.45, 7) is 0.554. The molecule has 1 aromatic rings. The molecule has 0 radical (unpaired) electrons. The number of carbonyl (C=O) groups excluding carboxylic acids is 2. The van der Waals surface area contributed by atoms with E-state index in [9.17, 15) is 9.59 Å². The number of imide groups is 1. The van der Waals surface area contributed by atoms with Gasteiger partial charge in [-0.05, 0) is 43.7 Å². The molecule has 0 bridgehead atoms. The van der Waals surface area contributed by atoms with Crippen molar-refractivity contribution in [3.8, 4) is 0 Å². The molecule has 2 aliphatic rings. The summed E-state index contributed by atoms with van der Waals surface area (Å²) in [6.07, 6.45) is 14.2. The lowest BCUT2D eigenvalue weighted by Gasteiger charge is -2.17. The van der Waals surface area contributed by atoms with Gasteiger partial charge in [0, 0.05) is 6.54 Å². The molecule has 0 spiro atoms. The third-order valence-electron chi connectivity index (χ3n) is 5.00. The molecule has 122 valence electrons. The monoisotopic (exact) mass is 311 g/mol. The summed E-state index contributed by atoms with van der Waals surface area (Å²) < 4.78 is 0. The number of hydrogen-bond acceptors (Lipinski definition) is 2. The number of hydrogen-bond donors (Lipinski definition) is 0. The van der Waals surface area contributed by atoms with Gasteiger partial charge < -0.3 is 0 Å². The molecular weight excluding hydrogens is 286 g/mol. The second-order valence-corrected chi connectivity index (χ2v) is 6.66. The summed E-state index contributed by atoms with van der Waals surface area (Å²) in [4.78, 5) is 25.9. The van der Waals surface area contributed by atoms with E-state index < -0.39 is 0 Å². The summed E-state index contributed by atoms with van der Waals surface area (Å²) in [6, 6.07) is 7.12. The van der Waals surface area contributed by atoms with Crippen LogP contribution >= 0.6 is 0 Å². The van der Waals surface area contributed by atoms with Crippen molar-refractivity contribution in [2.45, 2.75) is 51.4 Å². The smallest absolute Gasteiger partial charge is 0.261 e. The molecule has 0 aromatic heterocycles. The highest BCUT2D eigenvalue weighted by atomic mass is 16.2. The first-order chi connectivity index (χ1) is 11.3. The van der Waals surface area contributed by atoms with Gasteiger partial charge in [-0.2, -0.15) is 0 Å². The van der Waals surface area contributed by atoms with E-state index in [1.54, 1.807) is 12.1 Å². The molecule has 3 rings (SSSR count). The highest BCUT2D eigenvalue weighted by Gasteiger charge is 2.34. The fraction of sp³-hybridized carbons (Fsp3) is 0.500. The number of nitrogens with zero attached hydrogens (tertiary/aromatic N) is 1. The number of fused-ring (bicyclic) bond motifs is 1. The Morgan fingerprint density at radius 2 is 1.61 bits per heavy atom. The van der Waals surface area contributed by atoms with E-state index in [1.807, 2.05) is 12.1 Å². The maximum atomic E-state index is 12.2. The van der Waals surface area contributed by atoms with Crippen molar-refractivity contribution in [1.82, 2.24) is 4.90 Å². The van der Waals surface area contributed by atoms with Gasteiger partial charge in [-0.1, -0.05) is 50.0 Å². The van der Waals surface area contributed by atoms with Gasteiger partial charge >= 0.3 is 0 Å². The van der Waals surface area contributed by atoms with Crippen LogP contribution in [0.25, 0.3) is 0 Å². The Kier molecular flexibility index (Phi) is 5.27. The molecule has 0 saturated carbocycles. The van der Waals surface area contributed by atoms with Crippen LogP contribution in [-0.2, 0) is 0 Å². The molecular formula is C20H25NO2. The van der Waals surface area contributed by atoms with Crippen LogP contribution in [0.2, 0.25) is 0 Å². The normalized spacial score (nSPS) is 20.2. The second-order valence-electron chi connectivity index (χ2n) is 6.66. The number of rotatable bonds is 7. The molecule has 3 heteroatoms. The number of allylic oxidation sites excluding steroid dienone is 2. The van der Waals surface area contributed by atoms with Crippen LogP contribution in [0.5, 0.6) is 0 Å². The lowest BCUT2D eigenvalue weighted by Crippen LogP contribution is -2.30. The first kappa shape index (κ1) is 16.0. The average molecular weight is 311 g/mol. The SMILES string of the molecule is O=C1c2ccccc2C(=O)N1CCCCCC[C@@H]1CC=CCC1. The Morgan fingerprint density at radius 1 is 0.913 bits per heavy atom. The minimum atomic E-state index is -0.125. The molecule has 0 fully saturated rings. The average Bonchev–Trinajstić information content (AvgIpc) is 2.84. The van der Waals surface area contributed by atoms with Crippen LogP contribution < -0.4 is 0 Å². The van der Waals surface area contributed by atoms with E-state index >= 15 is 0 Å². The Labute approximate surface area is 138 Å².